The Morgan fingerprint density at radius 1 is 1.10 bits per heavy atom. The summed E-state index contributed by atoms with van der Waals surface area (Å²) in [6.07, 6.45) is 1.73. The van der Waals surface area contributed by atoms with Crippen LogP contribution in [0.5, 0.6) is 5.75 Å². The highest BCUT2D eigenvalue weighted by Gasteiger charge is 2.35. The van der Waals surface area contributed by atoms with E-state index in [4.69, 9.17) is 23.6 Å². The summed E-state index contributed by atoms with van der Waals surface area (Å²) >= 11 is 1.25. The number of carbonyl (C=O) groups excluding carboxylic acids is 1. The van der Waals surface area contributed by atoms with E-state index in [0.29, 0.717) is 45.3 Å². The molecule has 1 unspecified atom stereocenters. The number of methoxy groups -OCH3 is 1. The number of nitrogens with zero attached hydrogens (tertiary/aromatic N) is 3. The largest absolute Gasteiger partial charge is 0.497 e. The van der Waals surface area contributed by atoms with Crippen molar-refractivity contribution < 1.29 is 23.4 Å². The molecule has 0 amide bonds. The summed E-state index contributed by atoms with van der Waals surface area (Å²) in [6.45, 7) is 4.72. The van der Waals surface area contributed by atoms with Gasteiger partial charge >= 0.3 is 5.97 Å². The van der Waals surface area contributed by atoms with E-state index in [1.807, 2.05) is 66.7 Å². The number of furan rings is 1. The highest BCUT2D eigenvalue weighted by Crippen LogP contribution is 2.36. The lowest BCUT2D eigenvalue weighted by Gasteiger charge is -2.26. The molecular formula is C31H29N3O6S. The maximum atomic E-state index is 14.0. The van der Waals surface area contributed by atoms with Crippen molar-refractivity contribution in [3.8, 4) is 5.75 Å². The van der Waals surface area contributed by atoms with E-state index >= 15 is 0 Å². The van der Waals surface area contributed by atoms with Crippen LogP contribution in [-0.2, 0) is 14.3 Å². The fourth-order valence-electron chi connectivity index (χ4n) is 5.07. The molecule has 0 spiro atoms. The molecule has 0 bridgehead atoms. The molecule has 1 fully saturated rings. The minimum Gasteiger partial charge on any atom is -0.497 e. The summed E-state index contributed by atoms with van der Waals surface area (Å²) in [5, 5.41) is 0. The molecular weight excluding hydrogens is 542 g/mol. The van der Waals surface area contributed by atoms with Gasteiger partial charge in [-0.15, -0.1) is 0 Å². The van der Waals surface area contributed by atoms with Gasteiger partial charge in [-0.1, -0.05) is 53.8 Å². The maximum absolute atomic E-state index is 14.0. The van der Waals surface area contributed by atoms with Gasteiger partial charge in [-0.25, -0.2) is 9.79 Å². The van der Waals surface area contributed by atoms with Crippen molar-refractivity contribution in [1.82, 2.24) is 4.57 Å². The number of rotatable bonds is 7. The molecule has 2 aromatic heterocycles. The molecule has 210 valence electrons. The van der Waals surface area contributed by atoms with Gasteiger partial charge in [0.15, 0.2) is 10.7 Å². The van der Waals surface area contributed by atoms with Gasteiger partial charge in [0.25, 0.3) is 5.56 Å². The lowest BCUT2D eigenvalue weighted by Crippen LogP contribution is -2.40. The number of anilines is 1. The number of fused-ring (bicyclic) bond motifs is 1. The normalized spacial score (nSPS) is 17.3. The van der Waals surface area contributed by atoms with Crippen LogP contribution < -0.4 is 24.5 Å². The second kappa shape index (κ2) is 11.6. The van der Waals surface area contributed by atoms with Gasteiger partial charge in [0.1, 0.15) is 11.5 Å². The summed E-state index contributed by atoms with van der Waals surface area (Å²) < 4.78 is 24.5. The van der Waals surface area contributed by atoms with Crippen molar-refractivity contribution in [1.29, 1.82) is 0 Å². The lowest BCUT2D eigenvalue weighted by molar-refractivity contribution is -0.138. The van der Waals surface area contributed by atoms with Gasteiger partial charge in [-0.05, 0) is 30.7 Å². The number of hydrogen-bond donors (Lipinski definition) is 0. The Hall–Kier alpha value is -4.41. The zero-order valence-corrected chi connectivity index (χ0v) is 23.6. The Morgan fingerprint density at radius 3 is 2.66 bits per heavy atom. The Bertz CT molecular complexity index is 1780. The number of esters is 1. The number of benzene rings is 2. The van der Waals surface area contributed by atoms with Crippen LogP contribution in [0, 0.1) is 0 Å². The summed E-state index contributed by atoms with van der Waals surface area (Å²) in [6, 6.07) is 19.8. The molecule has 4 heterocycles. The summed E-state index contributed by atoms with van der Waals surface area (Å²) in [4.78, 5) is 35.1. The van der Waals surface area contributed by atoms with Crippen LogP contribution >= 0.6 is 11.3 Å². The Kier molecular flexibility index (Phi) is 7.58. The Balaban J connectivity index is 1.55. The Morgan fingerprint density at radius 2 is 1.90 bits per heavy atom. The second-order valence-corrected chi connectivity index (χ2v) is 10.5. The smallest absolute Gasteiger partial charge is 0.338 e. The molecule has 0 radical (unpaired) electrons. The quantitative estimate of drug-likeness (QED) is 0.314. The standard InChI is InChI=1S/C31H29N3O6S/c1-3-39-30(36)26-27(20-8-5-4-6-9-20)32-31-34(28(26)21-10-7-11-22(18-21)37-2)29(35)24(41-31)19-23-12-13-25(40-23)33-14-16-38-17-15-33/h4-13,18-19,28H,3,14-17H2,1-2H3/b24-19+. The van der Waals surface area contributed by atoms with Crippen LogP contribution in [0.1, 0.15) is 29.9 Å². The molecule has 0 saturated carbocycles. The van der Waals surface area contributed by atoms with Gasteiger partial charge in [-0.2, -0.15) is 0 Å². The first kappa shape index (κ1) is 26.8. The van der Waals surface area contributed by atoms with Crippen molar-refractivity contribution in [2.45, 2.75) is 13.0 Å². The molecule has 0 aliphatic carbocycles. The number of carbonyl (C=O) groups is 1. The van der Waals surface area contributed by atoms with E-state index in [2.05, 4.69) is 4.90 Å². The van der Waals surface area contributed by atoms with Crippen LogP contribution in [-0.4, -0.2) is 50.6 Å². The first-order chi connectivity index (χ1) is 20.1. The zero-order chi connectivity index (χ0) is 28.3. The van der Waals surface area contributed by atoms with Gasteiger partial charge < -0.3 is 23.5 Å². The molecule has 0 N–H and O–H groups in total. The topological polar surface area (TPSA) is 95.5 Å². The average Bonchev–Trinajstić information content (AvgIpc) is 3.61. The molecule has 9 nitrogen and oxygen atoms in total. The second-order valence-electron chi connectivity index (χ2n) is 9.48. The predicted molar refractivity (Wildman–Crippen MR) is 156 cm³/mol. The van der Waals surface area contributed by atoms with E-state index in [0.717, 1.165) is 24.5 Å². The van der Waals surface area contributed by atoms with E-state index in [1.54, 1.807) is 24.7 Å². The monoisotopic (exact) mass is 571 g/mol. The van der Waals surface area contributed by atoms with E-state index < -0.39 is 12.0 Å². The highest BCUT2D eigenvalue weighted by molar-refractivity contribution is 7.07. The molecule has 1 atom stereocenters. The van der Waals surface area contributed by atoms with Gasteiger partial charge in [0, 0.05) is 30.8 Å². The fourth-order valence-corrected chi connectivity index (χ4v) is 6.05. The van der Waals surface area contributed by atoms with E-state index in [1.165, 1.54) is 11.3 Å². The van der Waals surface area contributed by atoms with Crippen LogP contribution in [0.2, 0.25) is 0 Å². The fraction of sp³-hybridized carbons (Fsp3) is 0.258. The highest BCUT2D eigenvalue weighted by atomic mass is 32.1. The third-order valence-electron chi connectivity index (χ3n) is 6.99. The summed E-state index contributed by atoms with van der Waals surface area (Å²) in [5.74, 6) is 1.37. The third kappa shape index (κ3) is 5.23. The molecule has 2 aromatic carbocycles. The molecule has 6 rings (SSSR count). The number of thiazole rings is 1. The van der Waals surface area contributed by atoms with Crippen molar-refractivity contribution in [3.05, 3.63) is 109 Å². The van der Waals surface area contributed by atoms with E-state index in [9.17, 15) is 9.59 Å². The van der Waals surface area contributed by atoms with Crippen molar-refractivity contribution in [3.63, 3.8) is 0 Å². The SMILES string of the molecule is CCOC(=O)C1=C(c2ccccc2)N=c2s/c(=C/c3ccc(N4CCOCC4)o3)c(=O)n2C1c1cccc(OC)c1. The first-order valence-electron chi connectivity index (χ1n) is 13.4. The molecule has 2 aliphatic rings. The molecule has 1 saturated heterocycles. The van der Waals surface area contributed by atoms with Gasteiger partial charge in [0.05, 0.1) is 48.8 Å². The van der Waals surface area contributed by atoms with E-state index in [-0.39, 0.29) is 17.7 Å². The van der Waals surface area contributed by atoms with Crippen molar-refractivity contribution >= 4 is 35.0 Å². The van der Waals surface area contributed by atoms with Crippen molar-refractivity contribution in [2.75, 3.05) is 44.9 Å². The van der Waals surface area contributed by atoms with Gasteiger partial charge in [0.2, 0.25) is 0 Å². The minimum absolute atomic E-state index is 0.184. The average molecular weight is 572 g/mol. The zero-order valence-electron chi connectivity index (χ0n) is 22.7. The van der Waals surface area contributed by atoms with Crippen LogP contribution in [0.3, 0.4) is 0 Å². The predicted octanol–water partition coefficient (Wildman–Crippen LogP) is 3.37. The molecule has 41 heavy (non-hydrogen) atoms. The molecule has 2 aliphatic heterocycles. The first-order valence-corrected chi connectivity index (χ1v) is 14.2. The molecule has 4 aromatic rings. The summed E-state index contributed by atoms with van der Waals surface area (Å²) in [7, 11) is 1.58. The number of aromatic nitrogens is 1. The minimum atomic E-state index is -0.779. The van der Waals surface area contributed by atoms with Gasteiger partial charge in [-0.3, -0.25) is 9.36 Å². The summed E-state index contributed by atoms with van der Waals surface area (Å²) in [5.41, 5.74) is 1.94. The third-order valence-corrected chi connectivity index (χ3v) is 7.97. The lowest BCUT2D eigenvalue weighted by atomic mass is 9.93. The Labute approximate surface area is 240 Å². The number of morpholine rings is 1. The molecule has 10 heteroatoms. The van der Waals surface area contributed by atoms with Crippen LogP contribution in [0.25, 0.3) is 11.8 Å². The van der Waals surface area contributed by atoms with Crippen molar-refractivity contribution in [2.24, 2.45) is 4.99 Å². The van der Waals surface area contributed by atoms with Crippen LogP contribution in [0.15, 0.2) is 86.5 Å². The maximum Gasteiger partial charge on any atom is 0.338 e. The number of hydrogen-bond acceptors (Lipinski definition) is 9. The van der Waals surface area contributed by atoms with Crippen LogP contribution in [0.4, 0.5) is 5.88 Å². The number of ether oxygens (including phenoxy) is 3.